The fourth-order valence-corrected chi connectivity index (χ4v) is 1.41. The molecule has 0 aliphatic carbocycles. The predicted molar refractivity (Wildman–Crippen MR) is 49.0 cm³/mol. The van der Waals surface area contributed by atoms with Crippen LogP contribution in [0.2, 0.25) is 0 Å². The smallest absolute Gasteiger partial charge is 0.209 e. The molecule has 2 rings (SSSR count). The Balaban J connectivity index is 1.95. The lowest BCUT2D eigenvalue weighted by molar-refractivity contribution is 0.410. The van der Waals surface area contributed by atoms with Gasteiger partial charge in [0, 0.05) is 6.07 Å². The summed E-state index contributed by atoms with van der Waals surface area (Å²) in [5.41, 5.74) is 0. The number of piperidine rings is 1. The van der Waals surface area contributed by atoms with Crippen LogP contribution in [-0.2, 0) is 0 Å². The summed E-state index contributed by atoms with van der Waals surface area (Å²) in [5.74, 6) is 6.73. The molecule has 0 aromatic carbocycles. The lowest BCUT2D eigenvalue weighted by Gasteiger charge is -2.17. The molecule has 13 heavy (non-hydrogen) atoms. The molecule has 0 saturated carbocycles. The van der Waals surface area contributed by atoms with Gasteiger partial charge in [0.2, 0.25) is 5.76 Å². The SMILES string of the molecule is C(#CC1CCCCN1)c1ccno1. The van der Waals surface area contributed by atoms with E-state index in [2.05, 4.69) is 22.3 Å². The van der Waals surface area contributed by atoms with Crippen molar-refractivity contribution in [3.8, 4) is 11.8 Å². The summed E-state index contributed by atoms with van der Waals surface area (Å²) in [5, 5.41) is 6.93. The van der Waals surface area contributed by atoms with Gasteiger partial charge in [0.25, 0.3) is 0 Å². The second-order valence-corrected chi connectivity index (χ2v) is 3.15. The van der Waals surface area contributed by atoms with Crippen LogP contribution in [0.1, 0.15) is 25.0 Å². The summed E-state index contributed by atoms with van der Waals surface area (Å²) in [6.45, 7) is 1.08. The van der Waals surface area contributed by atoms with E-state index in [4.69, 9.17) is 4.52 Å². The minimum absolute atomic E-state index is 0.332. The van der Waals surface area contributed by atoms with E-state index in [1.165, 1.54) is 12.8 Å². The number of aromatic nitrogens is 1. The highest BCUT2D eigenvalue weighted by atomic mass is 16.5. The number of nitrogens with one attached hydrogen (secondary N) is 1. The molecule has 3 heteroatoms. The Morgan fingerprint density at radius 2 is 2.54 bits per heavy atom. The van der Waals surface area contributed by atoms with Gasteiger partial charge in [-0.05, 0) is 31.7 Å². The molecule has 0 radical (unpaired) electrons. The van der Waals surface area contributed by atoms with Gasteiger partial charge in [0.1, 0.15) is 0 Å². The summed E-state index contributed by atoms with van der Waals surface area (Å²) in [7, 11) is 0. The average Bonchev–Trinajstić information content (AvgIpc) is 2.69. The predicted octanol–water partition coefficient (Wildman–Crippen LogP) is 1.17. The van der Waals surface area contributed by atoms with Crippen LogP contribution in [0.3, 0.4) is 0 Å². The van der Waals surface area contributed by atoms with Gasteiger partial charge >= 0.3 is 0 Å². The van der Waals surface area contributed by atoms with E-state index in [1.807, 2.05) is 0 Å². The number of nitrogens with zero attached hydrogens (tertiary/aromatic N) is 1. The van der Waals surface area contributed by atoms with Crippen molar-refractivity contribution in [1.82, 2.24) is 10.5 Å². The average molecular weight is 176 g/mol. The molecule has 1 saturated heterocycles. The van der Waals surface area contributed by atoms with E-state index < -0.39 is 0 Å². The Hall–Kier alpha value is -1.27. The quantitative estimate of drug-likeness (QED) is 0.603. The van der Waals surface area contributed by atoms with Gasteiger partial charge < -0.3 is 9.84 Å². The van der Waals surface area contributed by atoms with E-state index in [9.17, 15) is 0 Å². The normalized spacial score (nSPS) is 22.0. The monoisotopic (exact) mass is 176 g/mol. The van der Waals surface area contributed by atoms with Crippen LogP contribution in [0.15, 0.2) is 16.8 Å². The van der Waals surface area contributed by atoms with Crippen molar-refractivity contribution in [3.05, 3.63) is 18.0 Å². The topological polar surface area (TPSA) is 38.1 Å². The van der Waals surface area contributed by atoms with Crippen LogP contribution in [0, 0.1) is 11.8 Å². The molecule has 68 valence electrons. The van der Waals surface area contributed by atoms with Crippen molar-refractivity contribution in [1.29, 1.82) is 0 Å². The highest BCUT2D eigenvalue weighted by Gasteiger charge is 2.08. The Kier molecular flexibility index (Phi) is 2.63. The fourth-order valence-electron chi connectivity index (χ4n) is 1.41. The lowest BCUT2D eigenvalue weighted by Crippen LogP contribution is -2.32. The summed E-state index contributed by atoms with van der Waals surface area (Å²) in [6.07, 6.45) is 5.28. The van der Waals surface area contributed by atoms with Gasteiger partial charge in [-0.3, -0.25) is 0 Å². The highest BCUT2D eigenvalue weighted by molar-refractivity contribution is 5.25. The fraction of sp³-hybridized carbons (Fsp3) is 0.500. The molecular formula is C10H12N2O. The molecule has 1 aromatic rings. The summed E-state index contributed by atoms with van der Waals surface area (Å²) in [6, 6.07) is 2.11. The van der Waals surface area contributed by atoms with Gasteiger partial charge in [0.05, 0.1) is 12.2 Å². The molecular weight excluding hydrogens is 164 g/mol. The minimum Gasteiger partial charge on any atom is -0.348 e. The highest BCUT2D eigenvalue weighted by Crippen LogP contribution is 2.05. The third-order valence-corrected chi connectivity index (χ3v) is 2.12. The molecule has 3 nitrogen and oxygen atoms in total. The van der Waals surface area contributed by atoms with E-state index in [0.717, 1.165) is 13.0 Å². The van der Waals surface area contributed by atoms with Crippen molar-refractivity contribution in [2.75, 3.05) is 6.54 Å². The van der Waals surface area contributed by atoms with E-state index >= 15 is 0 Å². The van der Waals surface area contributed by atoms with Gasteiger partial charge in [-0.2, -0.15) is 0 Å². The van der Waals surface area contributed by atoms with E-state index in [1.54, 1.807) is 12.3 Å². The van der Waals surface area contributed by atoms with Crippen LogP contribution in [0.5, 0.6) is 0 Å². The van der Waals surface area contributed by atoms with E-state index in [-0.39, 0.29) is 0 Å². The molecule has 1 unspecified atom stereocenters. The molecule has 0 bridgehead atoms. The maximum atomic E-state index is 4.87. The third kappa shape index (κ3) is 2.33. The van der Waals surface area contributed by atoms with Crippen molar-refractivity contribution in [3.63, 3.8) is 0 Å². The van der Waals surface area contributed by atoms with Gasteiger partial charge in [-0.15, -0.1) is 0 Å². The second kappa shape index (κ2) is 4.11. The lowest BCUT2D eigenvalue weighted by atomic mass is 10.1. The number of hydrogen-bond acceptors (Lipinski definition) is 3. The molecule has 1 aliphatic heterocycles. The first-order valence-electron chi connectivity index (χ1n) is 4.61. The van der Waals surface area contributed by atoms with Crippen molar-refractivity contribution in [2.45, 2.75) is 25.3 Å². The molecule has 0 spiro atoms. The largest absolute Gasteiger partial charge is 0.348 e. The first-order valence-corrected chi connectivity index (χ1v) is 4.61. The summed E-state index contributed by atoms with van der Waals surface area (Å²) >= 11 is 0. The van der Waals surface area contributed by atoms with Crippen LogP contribution in [0.4, 0.5) is 0 Å². The van der Waals surface area contributed by atoms with Crippen LogP contribution in [0.25, 0.3) is 0 Å². The minimum atomic E-state index is 0.332. The molecule has 1 aromatic heterocycles. The van der Waals surface area contributed by atoms with Gasteiger partial charge in [-0.25, -0.2) is 0 Å². The Morgan fingerprint density at radius 3 is 3.23 bits per heavy atom. The molecule has 0 amide bonds. The maximum Gasteiger partial charge on any atom is 0.209 e. The zero-order valence-corrected chi connectivity index (χ0v) is 7.42. The van der Waals surface area contributed by atoms with Gasteiger partial charge in [-0.1, -0.05) is 11.1 Å². The van der Waals surface area contributed by atoms with Crippen LogP contribution < -0.4 is 5.32 Å². The number of hydrogen-bond donors (Lipinski definition) is 1. The number of rotatable bonds is 0. The van der Waals surface area contributed by atoms with Gasteiger partial charge in [0.15, 0.2) is 0 Å². The molecule has 2 heterocycles. The van der Waals surface area contributed by atoms with Crippen molar-refractivity contribution in [2.24, 2.45) is 0 Å². The van der Waals surface area contributed by atoms with Crippen molar-refractivity contribution < 1.29 is 4.52 Å². The van der Waals surface area contributed by atoms with Crippen molar-refractivity contribution >= 4 is 0 Å². The zero-order chi connectivity index (χ0) is 8.93. The molecule has 1 N–H and O–H groups in total. The Bertz CT molecular complexity index is 301. The summed E-state index contributed by atoms with van der Waals surface area (Å²) in [4.78, 5) is 0. The van der Waals surface area contributed by atoms with Crippen LogP contribution >= 0.6 is 0 Å². The third-order valence-electron chi connectivity index (χ3n) is 2.12. The molecule has 1 atom stereocenters. The zero-order valence-electron chi connectivity index (χ0n) is 7.42. The summed E-state index contributed by atoms with van der Waals surface area (Å²) < 4.78 is 4.87. The first-order chi connectivity index (χ1) is 6.45. The van der Waals surface area contributed by atoms with Crippen LogP contribution in [-0.4, -0.2) is 17.7 Å². The molecule has 1 aliphatic rings. The Labute approximate surface area is 77.5 Å². The first kappa shape index (κ1) is 8.33. The maximum absolute atomic E-state index is 4.87. The Morgan fingerprint density at radius 1 is 1.54 bits per heavy atom. The van der Waals surface area contributed by atoms with E-state index in [0.29, 0.717) is 11.8 Å². The standard InChI is InChI=1S/C10H12N2O/c1-2-7-11-9(3-1)4-5-10-6-8-12-13-10/h6,8-9,11H,1-3,7H2. The molecule has 1 fully saturated rings. The second-order valence-electron chi connectivity index (χ2n) is 3.15.